The highest BCUT2D eigenvalue weighted by molar-refractivity contribution is 6.01. The molecule has 2 saturated heterocycles. The Morgan fingerprint density at radius 3 is 2.62 bits per heavy atom. The summed E-state index contributed by atoms with van der Waals surface area (Å²) in [6.07, 6.45) is 4.24. The van der Waals surface area contributed by atoms with Crippen molar-refractivity contribution in [2.75, 3.05) is 31.9 Å². The van der Waals surface area contributed by atoms with Gasteiger partial charge in [0.2, 0.25) is 0 Å². The van der Waals surface area contributed by atoms with Crippen LogP contribution in [-0.2, 0) is 0 Å². The second-order valence-corrected chi connectivity index (χ2v) is 6.43. The van der Waals surface area contributed by atoms with E-state index in [9.17, 15) is 19.3 Å². The molecule has 2 heterocycles. The monoisotopic (exact) mass is 336 g/mol. The van der Waals surface area contributed by atoms with Crippen LogP contribution in [0.4, 0.5) is 15.8 Å². The minimum Gasteiger partial charge on any atom is -0.393 e. The standard InChI is InChI=1S/C16H21FN4O3/c17-11-8-13(15(18)14(9-11)21(23)24)16(22)20-7-3-4-12(10-20)19-5-1-2-6-19/h8-9,12H,1-7,10,18H2. The van der Waals surface area contributed by atoms with Crippen molar-refractivity contribution in [3.63, 3.8) is 0 Å². The van der Waals surface area contributed by atoms with Gasteiger partial charge in [0, 0.05) is 19.1 Å². The molecule has 2 fully saturated rings. The van der Waals surface area contributed by atoms with Crippen molar-refractivity contribution in [1.82, 2.24) is 9.80 Å². The van der Waals surface area contributed by atoms with E-state index in [0.717, 1.165) is 38.1 Å². The minimum absolute atomic E-state index is 0.122. The molecule has 0 aromatic heterocycles. The number of carbonyl (C=O) groups is 1. The summed E-state index contributed by atoms with van der Waals surface area (Å²) in [5.74, 6) is -1.26. The van der Waals surface area contributed by atoms with Crippen LogP contribution in [0.15, 0.2) is 12.1 Å². The van der Waals surface area contributed by atoms with Gasteiger partial charge < -0.3 is 10.6 Å². The Kier molecular flexibility index (Phi) is 4.66. The molecule has 0 bridgehead atoms. The molecule has 7 nitrogen and oxygen atoms in total. The smallest absolute Gasteiger partial charge is 0.295 e. The van der Waals surface area contributed by atoms with Crippen LogP contribution in [0.1, 0.15) is 36.0 Å². The Hall–Kier alpha value is -2.22. The fourth-order valence-corrected chi connectivity index (χ4v) is 3.65. The summed E-state index contributed by atoms with van der Waals surface area (Å²) < 4.78 is 13.7. The Balaban J connectivity index is 1.82. The van der Waals surface area contributed by atoms with Crippen LogP contribution >= 0.6 is 0 Å². The van der Waals surface area contributed by atoms with Crippen molar-refractivity contribution in [1.29, 1.82) is 0 Å². The molecule has 24 heavy (non-hydrogen) atoms. The summed E-state index contributed by atoms with van der Waals surface area (Å²) in [4.78, 5) is 27.0. The lowest BCUT2D eigenvalue weighted by atomic mass is 10.0. The van der Waals surface area contributed by atoms with Gasteiger partial charge in [-0.3, -0.25) is 19.8 Å². The average molecular weight is 336 g/mol. The molecule has 2 aliphatic rings. The largest absolute Gasteiger partial charge is 0.393 e. The zero-order valence-corrected chi connectivity index (χ0v) is 13.4. The van der Waals surface area contributed by atoms with Crippen molar-refractivity contribution in [3.05, 3.63) is 33.6 Å². The number of amides is 1. The van der Waals surface area contributed by atoms with Crippen LogP contribution in [0.5, 0.6) is 0 Å². The quantitative estimate of drug-likeness (QED) is 0.518. The molecule has 0 saturated carbocycles. The third kappa shape index (κ3) is 3.19. The minimum atomic E-state index is -0.827. The highest BCUT2D eigenvalue weighted by Gasteiger charge is 2.31. The number of nitrogens with zero attached hydrogens (tertiary/aromatic N) is 3. The molecule has 1 atom stereocenters. The van der Waals surface area contributed by atoms with E-state index >= 15 is 0 Å². The van der Waals surface area contributed by atoms with Crippen LogP contribution in [0.3, 0.4) is 0 Å². The summed E-state index contributed by atoms with van der Waals surface area (Å²) >= 11 is 0. The molecule has 1 aromatic carbocycles. The maximum absolute atomic E-state index is 13.7. The van der Waals surface area contributed by atoms with Crippen LogP contribution in [0.25, 0.3) is 0 Å². The Bertz CT molecular complexity index is 661. The van der Waals surface area contributed by atoms with E-state index in [1.807, 2.05) is 0 Å². The van der Waals surface area contributed by atoms with E-state index in [1.165, 1.54) is 12.8 Å². The van der Waals surface area contributed by atoms with Crippen molar-refractivity contribution in [2.45, 2.75) is 31.7 Å². The zero-order chi connectivity index (χ0) is 17.3. The number of likely N-dealkylation sites (tertiary alicyclic amines) is 2. The van der Waals surface area contributed by atoms with Crippen LogP contribution in [0, 0.1) is 15.9 Å². The van der Waals surface area contributed by atoms with E-state index in [1.54, 1.807) is 4.90 Å². The molecule has 8 heteroatoms. The van der Waals surface area contributed by atoms with Crippen molar-refractivity contribution in [3.8, 4) is 0 Å². The highest BCUT2D eigenvalue weighted by Crippen LogP contribution is 2.29. The second-order valence-electron chi connectivity index (χ2n) is 6.43. The normalized spacial score (nSPS) is 21.9. The lowest BCUT2D eigenvalue weighted by molar-refractivity contribution is -0.384. The van der Waals surface area contributed by atoms with Gasteiger partial charge in [0.15, 0.2) is 0 Å². The van der Waals surface area contributed by atoms with Crippen molar-refractivity contribution >= 4 is 17.3 Å². The average Bonchev–Trinajstić information content (AvgIpc) is 3.10. The Morgan fingerprint density at radius 2 is 1.96 bits per heavy atom. The number of carbonyl (C=O) groups excluding carboxylic acids is 1. The lowest BCUT2D eigenvalue weighted by Gasteiger charge is -2.37. The predicted octanol–water partition coefficient (Wildman–Crippen LogP) is 2.02. The molecule has 2 aliphatic heterocycles. The number of hydrogen-bond donors (Lipinski definition) is 1. The lowest BCUT2D eigenvalue weighted by Crippen LogP contribution is -2.49. The van der Waals surface area contributed by atoms with Crippen LogP contribution in [-0.4, -0.2) is 52.9 Å². The first-order valence-electron chi connectivity index (χ1n) is 8.24. The molecule has 1 unspecified atom stereocenters. The SMILES string of the molecule is Nc1c(C(=O)N2CCCC(N3CCCC3)C2)cc(F)cc1[N+](=O)[O-]. The summed E-state index contributed by atoms with van der Waals surface area (Å²) in [6.45, 7) is 3.20. The summed E-state index contributed by atoms with van der Waals surface area (Å²) in [5, 5.41) is 11.0. The molecule has 0 spiro atoms. The van der Waals surface area contributed by atoms with E-state index in [4.69, 9.17) is 5.73 Å². The molecule has 3 rings (SSSR count). The number of nitro benzene ring substituents is 1. The van der Waals surface area contributed by atoms with Crippen molar-refractivity contribution in [2.24, 2.45) is 0 Å². The first-order valence-corrected chi connectivity index (χ1v) is 8.24. The maximum atomic E-state index is 13.7. The molecular weight excluding hydrogens is 315 g/mol. The van der Waals surface area contributed by atoms with E-state index < -0.39 is 22.3 Å². The van der Waals surface area contributed by atoms with Gasteiger partial charge in [0.05, 0.1) is 16.6 Å². The van der Waals surface area contributed by atoms with Crippen molar-refractivity contribution < 1.29 is 14.1 Å². The van der Waals surface area contributed by atoms with Crippen LogP contribution in [0.2, 0.25) is 0 Å². The second kappa shape index (κ2) is 6.72. The Morgan fingerprint density at radius 1 is 1.25 bits per heavy atom. The Labute approximate surface area is 139 Å². The number of nitrogens with two attached hydrogens (primary N) is 1. The first kappa shape index (κ1) is 16.6. The van der Waals surface area contributed by atoms with Gasteiger partial charge in [-0.05, 0) is 44.8 Å². The van der Waals surface area contributed by atoms with Gasteiger partial charge in [0.25, 0.3) is 11.6 Å². The molecular formula is C16H21FN4O3. The van der Waals surface area contributed by atoms with Gasteiger partial charge in [-0.15, -0.1) is 0 Å². The van der Waals surface area contributed by atoms with Gasteiger partial charge >= 0.3 is 0 Å². The molecule has 130 valence electrons. The molecule has 0 radical (unpaired) electrons. The van der Waals surface area contributed by atoms with E-state index in [2.05, 4.69) is 4.90 Å². The fourth-order valence-electron chi connectivity index (χ4n) is 3.65. The summed E-state index contributed by atoms with van der Waals surface area (Å²) in [7, 11) is 0. The third-order valence-corrected chi connectivity index (χ3v) is 4.89. The molecule has 0 aliphatic carbocycles. The molecule has 1 aromatic rings. The van der Waals surface area contributed by atoms with Crippen LogP contribution < -0.4 is 5.73 Å². The fraction of sp³-hybridized carbons (Fsp3) is 0.562. The number of piperidine rings is 1. The summed E-state index contributed by atoms with van der Waals surface area (Å²) in [6, 6.07) is 2.04. The third-order valence-electron chi connectivity index (χ3n) is 4.89. The summed E-state index contributed by atoms with van der Waals surface area (Å²) in [5.41, 5.74) is 4.80. The number of hydrogen-bond acceptors (Lipinski definition) is 5. The highest BCUT2D eigenvalue weighted by atomic mass is 19.1. The van der Waals surface area contributed by atoms with Gasteiger partial charge in [-0.2, -0.15) is 0 Å². The number of nitrogen functional groups attached to an aromatic ring is 1. The number of nitro groups is 1. The predicted molar refractivity (Wildman–Crippen MR) is 87.2 cm³/mol. The van der Waals surface area contributed by atoms with E-state index in [-0.39, 0.29) is 11.3 Å². The van der Waals surface area contributed by atoms with Gasteiger partial charge in [-0.1, -0.05) is 0 Å². The maximum Gasteiger partial charge on any atom is 0.295 e. The topological polar surface area (TPSA) is 92.7 Å². The number of benzene rings is 1. The zero-order valence-electron chi connectivity index (χ0n) is 13.4. The molecule has 1 amide bonds. The van der Waals surface area contributed by atoms with Gasteiger partial charge in [-0.25, -0.2) is 4.39 Å². The van der Waals surface area contributed by atoms with E-state index in [0.29, 0.717) is 19.1 Å². The number of rotatable bonds is 3. The molecule has 2 N–H and O–H groups in total. The van der Waals surface area contributed by atoms with Gasteiger partial charge in [0.1, 0.15) is 11.5 Å². The number of anilines is 1. The number of halogens is 1. The first-order chi connectivity index (χ1) is 11.5.